The van der Waals surface area contributed by atoms with Gasteiger partial charge in [0.1, 0.15) is 47.6 Å². The molecule has 86 heavy (non-hydrogen) atoms. The van der Waals surface area contributed by atoms with Crippen LogP contribution in [0.25, 0.3) is 0 Å². The number of carbonyl (C=O) groups excluding carboxylic acids is 10. The van der Waals surface area contributed by atoms with E-state index in [0.717, 1.165) is 17.1 Å². The summed E-state index contributed by atoms with van der Waals surface area (Å²) in [5.41, 5.74) is -3.14. The van der Waals surface area contributed by atoms with E-state index in [9.17, 15) is 63.3 Å². The second-order valence-corrected chi connectivity index (χ2v) is 21.8. The van der Waals surface area contributed by atoms with Crippen molar-refractivity contribution in [2.24, 2.45) is 5.92 Å². The van der Waals surface area contributed by atoms with E-state index in [4.69, 9.17) is 33.2 Å². The maximum Gasteiger partial charge on any atom is 0.407 e. The maximum absolute atomic E-state index is 14.3. The number of ether oxygens (including phenoxy) is 7. The Morgan fingerprint density at radius 1 is 0.826 bits per heavy atom. The number of rotatable bonds is 21. The molecule has 9 N–H and O–H groups in total. The van der Waals surface area contributed by atoms with Crippen LogP contribution in [0.5, 0.6) is 17.2 Å². The lowest BCUT2D eigenvalue weighted by atomic mass is 9.72. The van der Waals surface area contributed by atoms with E-state index >= 15 is 0 Å². The lowest BCUT2D eigenvalue weighted by Crippen LogP contribution is -2.55. The summed E-state index contributed by atoms with van der Waals surface area (Å²) in [6.07, 6.45) is -4.62. The number of morpholine rings is 1. The molecule has 9 rings (SSSR count). The molecule has 0 spiro atoms. The molecule has 0 unspecified atom stereocenters. The van der Waals surface area contributed by atoms with Gasteiger partial charge >= 0.3 is 6.09 Å². The molecular weight excluding hydrogens is 1130 g/mol. The number of nitrogens with one attached hydrogen (secondary N) is 6. The SMILES string of the molecule is COc1cccc2c1C(=O)c1c(O)c3c(c(O)c1C2=O)C[C@@](O)(C(=O)NCCNC(=O)CNC(=O)OCc1ccc(NC(=O)[C@H](C)NC(=O)[C@@H](NC(=O)CCN2C(=O)C=CC2=O)C(C)C)cc1)C[C@@H]3O[C@H]1C[C@H]2[C@H](O[C@@H]3[C@@H](OC)OCCN32)[C@H](C)O1. The van der Waals surface area contributed by atoms with Gasteiger partial charge in [0.25, 0.3) is 17.7 Å². The van der Waals surface area contributed by atoms with Gasteiger partial charge in [0.05, 0.1) is 49.2 Å². The van der Waals surface area contributed by atoms with Gasteiger partial charge in [-0.25, -0.2) is 4.79 Å². The zero-order valence-corrected chi connectivity index (χ0v) is 47.9. The lowest BCUT2D eigenvalue weighted by molar-refractivity contribution is -0.256. The Labute approximate surface area is 492 Å². The highest BCUT2D eigenvalue weighted by molar-refractivity contribution is 6.31. The number of amides is 8. The van der Waals surface area contributed by atoms with Crippen LogP contribution in [-0.2, 0) is 75.0 Å². The summed E-state index contributed by atoms with van der Waals surface area (Å²) < 4.78 is 41.2. The van der Waals surface area contributed by atoms with Gasteiger partial charge in [0.2, 0.25) is 29.4 Å². The van der Waals surface area contributed by atoms with Crippen LogP contribution in [0, 0.1) is 5.92 Å². The fourth-order valence-electron chi connectivity index (χ4n) is 11.4. The van der Waals surface area contributed by atoms with Crippen molar-refractivity contribution < 1.29 is 96.4 Å². The molecule has 28 nitrogen and oxygen atoms in total. The van der Waals surface area contributed by atoms with Gasteiger partial charge in [-0.1, -0.05) is 38.1 Å². The minimum Gasteiger partial charge on any atom is -0.507 e. The number of benzene rings is 3. The van der Waals surface area contributed by atoms with Gasteiger partial charge in [-0.3, -0.25) is 53.0 Å². The van der Waals surface area contributed by atoms with E-state index in [2.05, 4.69) is 36.8 Å². The Kier molecular flexibility index (Phi) is 18.8. The molecular formula is C58H68N8O20. The number of alkyl carbamates (subject to hydrolysis) is 1. The third-order valence-electron chi connectivity index (χ3n) is 15.8. The minimum absolute atomic E-state index is 0.0597. The largest absolute Gasteiger partial charge is 0.507 e. The number of phenolic OH excluding ortho intramolecular Hbond substituents is 2. The number of phenols is 2. The first-order chi connectivity index (χ1) is 41.0. The molecule has 0 radical (unpaired) electrons. The summed E-state index contributed by atoms with van der Waals surface area (Å²) in [5, 5.41) is 51.7. The number of aromatic hydroxyl groups is 2. The van der Waals surface area contributed by atoms with Crippen molar-refractivity contribution in [2.75, 3.05) is 58.9 Å². The predicted octanol–water partition coefficient (Wildman–Crippen LogP) is 0.208. The fourth-order valence-corrected chi connectivity index (χ4v) is 11.4. The van der Waals surface area contributed by atoms with Crippen LogP contribution >= 0.6 is 0 Å². The van der Waals surface area contributed by atoms with E-state index in [-0.39, 0.29) is 79.0 Å². The van der Waals surface area contributed by atoms with Crippen LogP contribution in [-0.4, -0.2) is 192 Å². The molecule has 10 atom stereocenters. The van der Waals surface area contributed by atoms with Crippen LogP contribution in [0.4, 0.5) is 10.5 Å². The van der Waals surface area contributed by atoms with Crippen molar-refractivity contribution in [1.82, 2.24) is 36.4 Å². The lowest BCUT2D eigenvalue weighted by Gasteiger charge is -2.43. The highest BCUT2D eigenvalue weighted by Gasteiger charge is 2.55. The van der Waals surface area contributed by atoms with Crippen molar-refractivity contribution in [3.63, 3.8) is 0 Å². The summed E-state index contributed by atoms with van der Waals surface area (Å²) in [7, 11) is 2.83. The van der Waals surface area contributed by atoms with Crippen molar-refractivity contribution in [3.8, 4) is 17.2 Å². The molecule has 8 amide bonds. The molecule has 2 aliphatic carbocycles. The first kappa shape index (κ1) is 62.2. The Hall–Kier alpha value is -8.38. The number of aliphatic hydroxyl groups is 1. The number of ketones is 2. The fraction of sp³-hybridized carbons (Fsp3) is 0.483. The second kappa shape index (κ2) is 26.1. The topological polar surface area (TPSA) is 375 Å². The highest BCUT2D eigenvalue weighted by Crippen LogP contribution is 2.53. The van der Waals surface area contributed by atoms with Crippen molar-refractivity contribution in [3.05, 3.63) is 93.6 Å². The number of imide groups is 1. The van der Waals surface area contributed by atoms with Gasteiger partial charge in [-0.05, 0) is 43.5 Å². The number of methoxy groups -OCH3 is 2. The number of hydrogen-bond donors (Lipinski definition) is 9. The van der Waals surface area contributed by atoms with Crippen LogP contribution in [0.2, 0.25) is 0 Å². The number of hydrogen-bond acceptors (Lipinski definition) is 21. The number of anilines is 1. The summed E-state index contributed by atoms with van der Waals surface area (Å²) in [5.74, 6) is -7.87. The van der Waals surface area contributed by atoms with Crippen molar-refractivity contribution in [1.29, 1.82) is 0 Å². The van der Waals surface area contributed by atoms with Crippen LogP contribution < -0.4 is 36.6 Å². The zero-order chi connectivity index (χ0) is 61.9. The molecule has 3 fully saturated rings. The number of carbonyl (C=O) groups is 10. The van der Waals surface area contributed by atoms with Gasteiger partial charge in [-0.2, -0.15) is 0 Å². The Morgan fingerprint density at radius 3 is 2.23 bits per heavy atom. The van der Waals surface area contributed by atoms with E-state index in [1.165, 1.54) is 51.5 Å². The van der Waals surface area contributed by atoms with Crippen molar-refractivity contribution in [2.45, 2.75) is 121 Å². The first-order valence-corrected chi connectivity index (χ1v) is 28.0. The molecule has 3 aromatic carbocycles. The molecule has 460 valence electrons. The first-order valence-electron chi connectivity index (χ1n) is 28.0. The van der Waals surface area contributed by atoms with Gasteiger partial charge < -0.3 is 80.4 Å². The Morgan fingerprint density at radius 2 is 1.53 bits per heavy atom. The Bertz CT molecular complexity index is 3230. The second-order valence-electron chi connectivity index (χ2n) is 21.8. The summed E-state index contributed by atoms with van der Waals surface area (Å²) in [4.78, 5) is 133. The monoisotopic (exact) mass is 1200 g/mol. The standard InChI is InChI=1S/C58H68N8O20/c1-27(2)46(64-37(67)16-19-66-39(69)14-15-40(66)70)53(76)62-28(3)52(75)63-31-12-10-30(11-13-31)26-83-57(78)61-25-38(68)59-17-18-60-56(77)58(79)23-33-43(50(74)45-44(48(33)72)47(71)32-8-7-9-35(80-5)42(32)49(45)73)36(24-58)85-41-22-34-51(29(4)84-41)86-54-55(81-6)82-21-20-65(34)54/h7-15,27-29,34,36,41,46,51,54-55,72,74,79H,16-26H2,1-6H3,(H,59,68)(H,60,77)(H,61,78)(H,62,76)(H,63,75)(H,64,67)/t28-,29-,34-,36-,41-,46-,51+,54+,55-,58-/m0/s1. The molecule has 0 saturated carbocycles. The van der Waals surface area contributed by atoms with Gasteiger partial charge in [0, 0.05) is 99.5 Å². The smallest absolute Gasteiger partial charge is 0.407 e. The molecule has 28 heteroatoms. The third-order valence-corrected chi connectivity index (χ3v) is 15.8. The van der Waals surface area contributed by atoms with E-state index in [1.54, 1.807) is 32.9 Å². The number of fused-ring (bicyclic) bond motifs is 6. The van der Waals surface area contributed by atoms with Crippen molar-refractivity contribution >= 4 is 64.7 Å². The molecule has 3 saturated heterocycles. The average Bonchev–Trinajstić information content (AvgIpc) is 2.05. The van der Waals surface area contributed by atoms with E-state index in [1.807, 2.05) is 0 Å². The molecule has 6 aliphatic rings. The molecule has 0 aromatic heterocycles. The molecule has 3 aromatic rings. The predicted molar refractivity (Wildman–Crippen MR) is 296 cm³/mol. The van der Waals surface area contributed by atoms with Crippen LogP contribution in [0.1, 0.15) is 102 Å². The zero-order valence-electron chi connectivity index (χ0n) is 47.9. The maximum atomic E-state index is 14.3. The third kappa shape index (κ3) is 12.9. The normalized spacial score (nSPS) is 24.5. The summed E-state index contributed by atoms with van der Waals surface area (Å²) in [6, 6.07) is 8.21. The highest BCUT2D eigenvalue weighted by atomic mass is 16.7. The number of nitrogens with zero attached hydrogens (tertiary/aromatic N) is 2. The van der Waals surface area contributed by atoms with Gasteiger partial charge in [-0.15, -0.1) is 0 Å². The minimum atomic E-state index is -2.38. The molecule has 0 bridgehead atoms. The van der Waals surface area contributed by atoms with E-state index < -0.39 is 156 Å². The quantitative estimate of drug-likeness (QED) is 0.0306. The average molecular weight is 1200 g/mol. The molecule has 4 aliphatic heterocycles. The molecule has 4 heterocycles. The Balaban J connectivity index is 0.756. The van der Waals surface area contributed by atoms with Crippen LogP contribution in [0.15, 0.2) is 54.6 Å². The van der Waals surface area contributed by atoms with Gasteiger partial charge in [0.15, 0.2) is 24.6 Å². The van der Waals surface area contributed by atoms with Crippen LogP contribution in [0.3, 0.4) is 0 Å². The van der Waals surface area contributed by atoms with E-state index in [0.29, 0.717) is 24.4 Å². The summed E-state index contributed by atoms with van der Waals surface area (Å²) >= 11 is 0. The summed E-state index contributed by atoms with van der Waals surface area (Å²) in [6.45, 7) is 6.16.